The van der Waals surface area contributed by atoms with Gasteiger partial charge >= 0.3 is 6.09 Å². The van der Waals surface area contributed by atoms with E-state index >= 15 is 4.39 Å². The summed E-state index contributed by atoms with van der Waals surface area (Å²) in [5.74, 6) is -0.397. The molecular formula is C25H33FN2O3. The molecule has 0 spiro atoms. The van der Waals surface area contributed by atoms with Crippen molar-refractivity contribution in [2.45, 2.75) is 44.6 Å². The van der Waals surface area contributed by atoms with Crippen molar-refractivity contribution in [1.29, 1.82) is 0 Å². The SMILES string of the molecule is CCc1cccc(-c2c(F)cccc2C(O)(CCCOC(=O)NC)C2CCCNC2)c1. The average Bonchev–Trinajstić information content (AvgIpc) is 2.81. The van der Waals surface area contributed by atoms with E-state index in [2.05, 4.69) is 17.6 Å². The summed E-state index contributed by atoms with van der Waals surface area (Å²) in [5, 5.41) is 17.9. The third kappa shape index (κ3) is 5.43. The highest BCUT2D eigenvalue weighted by Crippen LogP contribution is 2.43. The van der Waals surface area contributed by atoms with Crippen LogP contribution in [0.2, 0.25) is 0 Å². The van der Waals surface area contributed by atoms with Gasteiger partial charge in [-0.3, -0.25) is 0 Å². The van der Waals surface area contributed by atoms with Gasteiger partial charge in [0.05, 0.1) is 12.2 Å². The molecule has 2 unspecified atom stereocenters. The lowest BCUT2D eigenvalue weighted by Gasteiger charge is -2.40. The minimum absolute atomic E-state index is 0.0591. The fourth-order valence-corrected chi connectivity index (χ4v) is 4.52. The Balaban J connectivity index is 2.00. The summed E-state index contributed by atoms with van der Waals surface area (Å²) in [5.41, 5.74) is 1.72. The van der Waals surface area contributed by atoms with E-state index in [-0.39, 0.29) is 18.3 Å². The van der Waals surface area contributed by atoms with Crippen LogP contribution >= 0.6 is 0 Å². The summed E-state index contributed by atoms with van der Waals surface area (Å²) in [6.07, 6.45) is 3.02. The number of aliphatic hydroxyl groups is 1. The molecule has 3 N–H and O–H groups in total. The first-order valence-corrected chi connectivity index (χ1v) is 11.2. The van der Waals surface area contributed by atoms with Crippen molar-refractivity contribution >= 4 is 6.09 Å². The number of alkyl carbamates (subject to hydrolysis) is 1. The third-order valence-electron chi connectivity index (χ3n) is 6.22. The molecule has 5 nitrogen and oxygen atoms in total. The predicted octanol–water partition coefficient (Wildman–Crippen LogP) is 4.38. The van der Waals surface area contributed by atoms with Crippen LogP contribution in [-0.4, -0.2) is 37.9 Å². The lowest BCUT2D eigenvalue weighted by Crippen LogP contribution is -2.45. The van der Waals surface area contributed by atoms with Crippen molar-refractivity contribution in [3.63, 3.8) is 0 Å². The number of hydrogen-bond acceptors (Lipinski definition) is 4. The molecule has 31 heavy (non-hydrogen) atoms. The zero-order chi connectivity index (χ0) is 22.3. The van der Waals surface area contributed by atoms with Crippen LogP contribution in [-0.2, 0) is 16.8 Å². The van der Waals surface area contributed by atoms with E-state index < -0.39 is 11.7 Å². The molecule has 1 fully saturated rings. The monoisotopic (exact) mass is 428 g/mol. The number of carbonyl (C=O) groups is 1. The van der Waals surface area contributed by atoms with Gasteiger partial charge in [0.25, 0.3) is 0 Å². The van der Waals surface area contributed by atoms with Crippen molar-refractivity contribution in [2.24, 2.45) is 5.92 Å². The second-order valence-electron chi connectivity index (χ2n) is 8.17. The van der Waals surface area contributed by atoms with Crippen LogP contribution in [0.25, 0.3) is 11.1 Å². The largest absolute Gasteiger partial charge is 0.450 e. The van der Waals surface area contributed by atoms with Crippen LogP contribution in [0, 0.1) is 11.7 Å². The topological polar surface area (TPSA) is 70.6 Å². The van der Waals surface area contributed by atoms with Crippen molar-refractivity contribution < 1.29 is 19.0 Å². The van der Waals surface area contributed by atoms with Gasteiger partial charge in [-0.15, -0.1) is 0 Å². The van der Waals surface area contributed by atoms with E-state index in [4.69, 9.17) is 4.74 Å². The van der Waals surface area contributed by atoms with Gasteiger partial charge in [-0.25, -0.2) is 9.18 Å². The predicted molar refractivity (Wildman–Crippen MR) is 120 cm³/mol. The molecule has 6 heteroatoms. The van der Waals surface area contributed by atoms with Gasteiger partial charge in [0, 0.05) is 25.1 Å². The van der Waals surface area contributed by atoms with Gasteiger partial charge in [0.1, 0.15) is 5.82 Å². The second kappa shape index (κ2) is 10.7. The number of halogens is 1. The molecule has 2 aromatic carbocycles. The van der Waals surface area contributed by atoms with E-state index in [1.807, 2.05) is 30.3 Å². The van der Waals surface area contributed by atoms with Gasteiger partial charge < -0.3 is 20.5 Å². The molecular weight excluding hydrogens is 395 g/mol. The van der Waals surface area contributed by atoms with Crippen LogP contribution in [0.5, 0.6) is 0 Å². The third-order valence-corrected chi connectivity index (χ3v) is 6.22. The lowest BCUT2D eigenvalue weighted by atomic mass is 9.72. The molecule has 0 aromatic heterocycles. The number of aryl methyl sites for hydroxylation is 1. The quantitative estimate of drug-likeness (QED) is 0.546. The second-order valence-corrected chi connectivity index (χ2v) is 8.17. The Morgan fingerprint density at radius 3 is 2.84 bits per heavy atom. The maximum atomic E-state index is 15.2. The zero-order valence-corrected chi connectivity index (χ0v) is 18.4. The first-order valence-electron chi connectivity index (χ1n) is 11.2. The van der Waals surface area contributed by atoms with Crippen LogP contribution in [0.3, 0.4) is 0 Å². The molecule has 2 atom stereocenters. The number of carbonyl (C=O) groups excluding carboxylic acids is 1. The number of benzene rings is 2. The molecule has 3 rings (SSSR count). The molecule has 1 saturated heterocycles. The smallest absolute Gasteiger partial charge is 0.406 e. The molecule has 1 aliphatic heterocycles. The summed E-state index contributed by atoms with van der Waals surface area (Å²) in [7, 11) is 1.51. The van der Waals surface area contributed by atoms with Gasteiger partial charge in [-0.05, 0) is 61.4 Å². The number of rotatable bonds is 8. The first kappa shape index (κ1) is 23.2. The van der Waals surface area contributed by atoms with Crippen LogP contribution in [0.4, 0.5) is 9.18 Å². The highest BCUT2D eigenvalue weighted by molar-refractivity contribution is 5.70. The normalized spacial score (nSPS) is 18.3. The maximum absolute atomic E-state index is 15.2. The summed E-state index contributed by atoms with van der Waals surface area (Å²) >= 11 is 0. The van der Waals surface area contributed by atoms with Gasteiger partial charge in [-0.1, -0.05) is 43.3 Å². The summed E-state index contributed by atoms with van der Waals surface area (Å²) in [4.78, 5) is 11.4. The van der Waals surface area contributed by atoms with E-state index in [1.54, 1.807) is 6.07 Å². The Hall–Kier alpha value is -2.44. The Labute approximate surface area is 184 Å². The number of amides is 1. The molecule has 1 heterocycles. The summed E-state index contributed by atoms with van der Waals surface area (Å²) in [6.45, 7) is 3.84. The van der Waals surface area contributed by atoms with Crippen molar-refractivity contribution in [1.82, 2.24) is 10.6 Å². The fraction of sp³-hybridized carbons (Fsp3) is 0.480. The van der Waals surface area contributed by atoms with Gasteiger partial charge in [0.15, 0.2) is 0 Å². The molecule has 0 radical (unpaired) electrons. The highest BCUT2D eigenvalue weighted by Gasteiger charge is 2.41. The van der Waals surface area contributed by atoms with E-state index in [0.29, 0.717) is 30.5 Å². The van der Waals surface area contributed by atoms with Crippen molar-refractivity contribution in [3.05, 3.63) is 59.4 Å². The van der Waals surface area contributed by atoms with Crippen molar-refractivity contribution in [2.75, 3.05) is 26.7 Å². The molecule has 2 aromatic rings. The Bertz CT molecular complexity index is 883. The first-order chi connectivity index (χ1) is 15.0. The summed E-state index contributed by atoms with van der Waals surface area (Å²) < 4.78 is 20.3. The number of piperidine rings is 1. The van der Waals surface area contributed by atoms with E-state index in [9.17, 15) is 9.90 Å². The fourth-order valence-electron chi connectivity index (χ4n) is 4.52. The molecule has 0 aliphatic carbocycles. The number of ether oxygens (including phenoxy) is 1. The van der Waals surface area contributed by atoms with Crippen LogP contribution < -0.4 is 10.6 Å². The minimum atomic E-state index is -1.24. The van der Waals surface area contributed by atoms with Gasteiger partial charge in [0.2, 0.25) is 0 Å². The minimum Gasteiger partial charge on any atom is -0.450 e. The molecule has 1 aliphatic rings. The van der Waals surface area contributed by atoms with Crippen LogP contribution in [0.1, 0.15) is 43.7 Å². The van der Waals surface area contributed by atoms with Crippen LogP contribution in [0.15, 0.2) is 42.5 Å². The van der Waals surface area contributed by atoms with E-state index in [1.165, 1.54) is 13.1 Å². The highest BCUT2D eigenvalue weighted by atomic mass is 19.1. The molecule has 168 valence electrons. The molecule has 0 bridgehead atoms. The molecule has 0 saturated carbocycles. The number of nitrogens with one attached hydrogen (secondary N) is 2. The van der Waals surface area contributed by atoms with E-state index in [0.717, 1.165) is 36.9 Å². The van der Waals surface area contributed by atoms with Gasteiger partial charge in [-0.2, -0.15) is 0 Å². The Kier molecular flexibility index (Phi) is 8.04. The Morgan fingerprint density at radius 2 is 2.13 bits per heavy atom. The number of hydrogen-bond donors (Lipinski definition) is 3. The van der Waals surface area contributed by atoms with Crippen molar-refractivity contribution in [3.8, 4) is 11.1 Å². The summed E-state index contributed by atoms with van der Waals surface area (Å²) in [6, 6.07) is 12.8. The maximum Gasteiger partial charge on any atom is 0.406 e. The standard InChI is InChI=1S/C25H33FN2O3/c1-3-18-8-4-9-19(16-18)23-21(11-5-12-22(23)26)25(30,20-10-6-14-28-17-20)13-7-15-31-24(29)27-2/h4-5,8-9,11-12,16,20,28,30H,3,6-7,10,13-15,17H2,1-2H3,(H,27,29). The lowest BCUT2D eigenvalue weighted by molar-refractivity contribution is -0.0448. The Morgan fingerprint density at radius 1 is 1.32 bits per heavy atom. The average molecular weight is 429 g/mol. The zero-order valence-electron chi connectivity index (χ0n) is 18.4. The molecule has 1 amide bonds.